The molecular weight excluding hydrogens is 370 g/mol. The number of carboxylic acids is 1. The molecule has 2 aromatic carbocycles. The first-order valence-electron chi connectivity index (χ1n) is 7.54. The number of nitrogens with zero attached hydrogens (tertiary/aromatic N) is 3. The number of para-hydroxylation sites is 2. The van der Waals surface area contributed by atoms with Crippen LogP contribution in [0, 0.1) is 3.95 Å². The molecule has 4 rings (SSSR count). The van der Waals surface area contributed by atoms with Crippen LogP contribution in [-0.2, 0) is 0 Å². The lowest BCUT2D eigenvalue weighted by Gasteiger charge is -2.07. The Labute approximate surface area is 156 Å². The second kappa shape index (κ2) is 6.32. The Morgan fingerprint density at radius 1 is 1.12 bits per heavy atom. The third-order valence-corrected chi connectivity index (χ3v) is 5.10. The summed E-state index contributed by atoms with van der Waals surface area (Å²) in [6, 6.07) is 13.4. The van der Waals surface area contributed by atoms with Crippen LogP contribution in [0.2, 0.25) is 0 Å². The Morgan fingerprint density at radius 3 is 2.31 bits per heavy atom. The average Bonchev–Trinajstić information content (AvgIpc) is 3.15. The van der Waals surface area contributed by atoms with E-state index in [4.69, 9.17) is 12.2 Å². The second-order valence-corrected chi connectivity index (χ2v) is 7.12. The highest BCUT2D eigenvalue weighted by molar-refractivity contribution is 7.73. The van der Waals surface area contributed by atoms with Crippen LogP contribution in [0.15, 0.2) is 64.3 Å². The molecule has 1 N–H and O–H groups in total. The zero-order valence-electron chi connectivity index (χ0n) is 13.1. The highest BCUT2D eigenvalue weighted by Gasteiger charge is 2.13. The minimum absolute atomic E-state index is 0.0462. The highest BCUT2D eigenvalue weighted by Crippen LogP contribution is 2.31. The molecule has 1 aliphatic rings. The van der Waals surface area contributed by atoms with Gasteiger partial charge in [0.15, 0.2) is 9.78 Å². The molecule has 0 saturated heterocycles. The molecule has 0 aliphatic carbocycles. The van der Waals surface area contributed by atoms with Gasteiger partial charge in [-0.1, -0.05) is 24.3 Å². The smallest absolute Gasteiger partial charge is 0.215 e. The average molecular weight is 380 g/mol. The first kappa shape index (κ1) is 16.4. The molecule has 128 valence electrons. The standard InChI is InChI=1S/C18H11N3O3S2/c22-16-14(9-15-19-12-3-1-2-4-13(12)20-15)26-18(25)21(16)11-7-5-10(6-8-11)17(23)24/h1-9,22H,(H,23,24)/p-1. The number of benzene rings is 2. The molecule has 0 fully saturated rings. The molecule has 6 nitrogen and oxygen atoms in total. The predicted molar refractivity (Wildman–Crippen MR) is 97.2 cm³/mol. The summed E-state index contributed by atoms with van der Waals surface area (Å²) < 4.78 is 1.89. The predicted octanol–water partition coefficient (Wildman–Crippen LogP) is 1.59. The van der Waals surface area contributed by atoms with Crippen molar-refractivity contribution in [3.63, 3.8) is 0 Å². The number of hydrogen-bond acceptors (Lipinski definition) is 7. The van der Waals surface area contributed by atoms with Gasteiger partial charge in [-0.05, 0) is 42.0 Å². The monoisotopic (exact) mass is 380 g/mol. The van der Waals surface area contributed by atoms with Gasteiger partial charge < -0.3 is 15.0 Å². The number of hydrogen-bond donors (Lipinski definition) is 1. The SMILES string of the molecule is O=C([O-])c1ccc(-n2c(O)c(C=C3N=c4ccccc4=N3)sc2=S)cc1. The van der Waals surface area contributed by atoms with Crippen molar-refractivity contribution >= 4 is 35.6 Å². The summed E-state index contributed by atoms with van der Waals surface area (Å²) in [5.74, 6) is -0.823. The van der Waals surface area contributed by atoms with Crippen LogP contribution in [0.1, 0.15) is 15.2 Å². The number of carbonyl (C=O) groups is 1. The number of aromatic carboxylic acids is 1. The number of rotatable bonds is 3. The summed E-state index contributed by atoms with van der Waals surface area (Å²) in [4.78, 5) is 20.2. The number of aromatic hydroxyl groups is 1. The Kier molecular flexibility index (Phi) is 3.98. The van der Waals surface area contributed by atoms with E-state index in [1.165, 1.54) is 28.0 Å². The van der Waals surface area contributed by atoms with Crippen molar-refractivity contribution in [3.05, 3.63) is 79.5 Å². The lowest BCUT2D eigenvalue weighted by Crippen LogP contribution is -2.22. The van der Waals surface area contributed by atoms with Crippen LogP contribution in [0.25, 0.3) is 11.8 Å². The van der Waals surface area contributed by atoms with Gasteiger partial charge in [0.2, 0.25) is 5.88 Å². The van der Waals surface area contributed by atoms with Crippen molar-refractivity contribution in [1.82, 2.24) is 4.57 Å². The van der Waals surface area contributed by atoms with Gasteiger partial charge in [0, 0.05) is 6.08 Å². The normalized spacial score (nSPS) is 12.2. The maximum Gasteiger partial charge on any atom is 0.215 e. The fraction of sp³-hybridized carbons (Fsp3) is 0. The van der Waals surface area contributed by atoms with Gasteiger partial charge in [0.05, 0.1) is 27.2 Å². The van der Waals surface area contributed by atoms with Gasteiger partial charge in [0.25, 0.3) is 0 Å². The number of fused-ring (bicyclic) bond motifs is 1. The van der Waals surface area contributed by atoms with Gasteiger partial charge >= 0.3 is 0 Å². The van der Waals surface area contributed by atoms with Crippen LogP contribution in [0.3, 0.4) is 0 Å². The molecule has 0 radical (unpaired) electrons. The van der Waals surface area contributed by atoms with Crippen molar-refractivity contribution in [1.29, 1.82) is 0 Å². The number of carboxylic acid groups (broad SMARTS) is 1. The van der Waals surface area contributed by atoms with Crippen LogP contribution in [0.4, 0.5) is 0 Å². The second-order valence-electron chi connectivity index (χ2n) is 5.44. The topological polar surface area (TPSA) is 90.0 Å². The molecule has 1 aliphatic heterocycles. The minimum Gasteiger partial charge on any atom is -0.545 e. The van der Waals surface area contributed by atoms with E-state index in [9.17, 15) is 15.0 Å². The van der Waals surface area contributed by atoms with Gasteiger partial charge in [-0.2, -0.15) is 0 Å². The molecular formula is C18H10N3O3S2-. The van der Waals surface area contributed by atoms with E-state index in [0.29, 0.717) is 20.3 Å². The minimum atomic E-state index is -1.26. The molecule has 0 atom stereocenters. The fourth-order valence-corrected chi connectivity index (χ4v) is 3.84. The van der Waals surface area contributed by atoms with E-state index >= 15 is 0 Å². The van der Waals surface area contributed by atoms with Gasteiger partial charge in [-0.3, -0.25) is 4.57 Å². The van der Waals surface area contributed by atoms with Crippen molar-refractivity contribution in [3.8, 4) is 11.6 Å². The summed E-state index contributed by atoms with van der Waals surface area (Å²) in [6.45, 7) is 0. The number of aromatic nitrogens is 1. The van der Waals surface area contributed by atoms with Crippen LogP contribution in [-0.4, -0.2) is 15.6 Å². The quantitative estimate of drug-likeness (QED) is 0.699. The third-order valence-electron chi connectivity index (χ3n) is 3.79. The molecule has 2 heterocycles. The summed E-state index contributed by atoms with van der Waals surface area (Å²) in [5, 5.41) is 23.0. The highest BCUT2D eigenvalue weighted by atomic mass is 32.1. The fourth-order valence-electron chi connectivity index (χ4n) is 2.56. The van der Waals surface area contributed by atoms with E-state index in [2.05, 4.69) is 9.98 Å². The maximum absolute atomic E-state index is 10.9. The number of carbonyl (C=O) groups excluding carboxylic acids is 1. The summed E-state index contributed by atoms with van der Waals surface area (Å²) in [7, 11) is 0. The van der Waals surface area contributed by atoms with Crippen LogP contribution in [0.5, 0.6) is 5.88 Å². The molecule has 0 saturated carbocycles. The van der Waals surface area contributed by atoms with Gasteiger partial charge in [-0.15, -0.1) is 11.3 Å². The van der Waals surface area contributed by atoms with Crippen molar-refractivity contribution in [2.75, 3.05) is 0 Å². The van der Waals surface area contributed by atoms with Crippen molar-refractivity contribution < 1.29 is 15.0 Å². The maximum atomic E-state index is 10.9. The van der Waals surface area contributed by atoms with E-state index in [0.717, 1.165) is 10.7 Å². The Hall–Kier alpha value is -3.10. The lowest BCUT2D eigenvalue weighted by atomic mass is 10.2. The zero-order chi connectivity index (χ0) is 18.3. The molecule has 3 aromatic rings. The summed E-state index contributed by atoms with van der Waals surface area (Å²) in [5.41, 5.74) is 0.612. The van der Waals surface area contributed by atoms with Gasteiger partial charge in [0.1, 0.15) is 0 Å². The number of thiazole rings is 1. The van der Waals surface area contributed by atoms with E-state index in [-0.39, 0.29) is 11.4 Å². The molecule has 0 spiro atoms. The Morgan fingerprint density at radius 2 is 1.73 bits per heavy atom. The summed E-state index contributed by atoms with van der Waals surface area (Å²) in [6.07, 6.45) is 1.67. The molecule has 0 amide bonds. The van der Waals surface area contributed by atoms with E-state index in [1.54, 1.807) is 18.2 Å². The molecule has 26 heavy (non-hydrogen) atoms. The lowest BCUT2D eigenvalue weighted by molar-refractivity contribution is -0.255. The summed E-state index contributed by atoms with van der Waals surface area (Å²) >= 11 is 6.55. The Balaban J connectivity index is 1.76. The molecule has 8 heteroatoms. The molecule has 0 bridgehead atoms. The van der Waals surface area contributed by atoms with E-state index in [1.807, 2.05) is 24.3 Å². The first-order valence-corrected chi connectivity index (χ1v) is 8.76. The largest absolute Gasteiger partial charge is 0.545 e. The zero-order valence-corrected chi connectivity index (χ0v) is 14.8. The Bertz CT molecular complexity index is 1200. The first-order chi connectivity index (χ1) is 12.5. The van der Waals surface area contributed by atoms with Crippen LogP contribution >= 0.6 is 23.6 Å². The molecule has 0 unspecified atom stereocenters. The third kappa shape index (κ3) is 2.85. The van der Waals surface area contributed by atoms with Crippen molar-refractivity contribution in [2.24, 2.45) is 9.98 Å². The molecule has 1 aromatic heterocycles. The van der Waals surface area contributed by atoms with Gasteiger partial charge in [-0.25, -0.2) is 9.98 Å². The van der Waals surface area contributed by atoms with E-state index < -0.39 is 5.97 Å². The van der Waals surface area contributed by atoms with Crippen LogP contribution < -0.4 is 15.8 Å². The van der Waals surface area contributed by atoms with Crippen molar-refractivity contribution in [2.45, 2.75) is 0 Å².